The largest absolute Gasteiger partial charge is 0.481 e. The Morgan fingerprint density at radius 1 is 1.24 bits per heavy atom. The molecule has 0 aliphatic heterocycles. The number of fused-ring (bicyclic) bond motifs is 1. The average molecular weight is 230 g/mol. The van der Waals surface area contributed by atoms with Gasteiger partial charge >= 0.3 is 5.97 Å². The molecule has 90 valence electrons. The first kappa shape index (κ1) is 11.9. The van der Waals surface area contributed by atoms with Crippen molar-refractivity contribution in [1.29, 1.82) is 0 Å². The molecule has 0 saturated carbocycles. The molecule has 0 radical (unpaired) electrons. The molecule has 2 nitrogen and oxygen atoms in total. The van der Waals surface area contributed by atoms with Crippen LogP contribution in [0.2, 0.25) is 0 Å². The molecule has 0 aromatic heterocycles. The van der Waals surface area contributed by atoms with Crippen molar-refractivity contribution in [3.8, 4) is 0 Å². The van der Waals surface area contributed by atoms with Crippen molar-refractivity contribution >= 4 is 11.5 Å². The first-order valence-corrected chi connectivity index (χ1v) is 6.26. The Hall–Kier alpha value is -1.57. The van der Waals surface area contributed by atoms with Crippen molar-refractivity contribution in [1.82, 2.24) is 0 Å². The van der Waals surface area contributed by atoms with Gasteiger partial charge in [0.2, 0.25) is 0 Å². The highest BCUT2D eigenvalue weighted by Crippen LogP contribution is 2.28. The third-order valence-electron chi connectivity index (χ3n) is 3.26. The lowest BCUT2D eigenvalue weighted by molar-refractivity contribution is -0.136. The Bertz CT molecular complexity index is 432. The second kappa shape index (κ2) is 5.67. The minimum absolute atomic E-state index is 0.222. The van der Waals surface area contributed by atoms with Crippen LogP contribution in [0.5, 0.6) is 0 Å². The van der Waals surface area contributed by atoms with Crippen LogP contribution in [-0.2, 0) is 11.2 Å². The first-order chi connectivity index (χ1) is 8.27. The van der Waals surface area contributed by atoms with Gasteiger partial charge in [0.25, 0.3) is 0 Å². The van der Waals surface area contributed by atoms with E-state index < -0.39 is 5.97 Å². The molecule has 0 spiro atoms. The molecule has 1 aromatic rings. The van der Waals surface area contributed by atoms with E-state index in [1.807, 2.05) is 6.07 Å². The summed E-state index contributed by atoms with van der Waals surface area (Å²) in [5.41, 5.74) is 3.83. The fraction of sp³-hybridized carbons (Fsp3) is 0.400. The molecule has 1 aliphatic rings. The standard InChI is InChI=1S/C15H18O2/c16-15(17)11-10-13-7-3-1-2-6-12-8-4-5-9-14(12)13/h4-5,7-9H,1-3,6,10-11H2,(H,16,17)/b13-7-. The van der Waals surface area contributed by atoms with E-state index in [1.165, 1.54) is 29.5 Å². The van der Waals surface area contributed by atoms with E-state index in [-0.39, 0.29) is 6.42 Å². The fourth-order valence-electron chi connectivity index (χ4n) is 2.38. The van der Waals surface area contributed by atoms with E-state index in [0.717, 1.165) is 12.8 Å². The number of aliphatic carboxylic acids is 1. The van der Waals surface area contributed by atoms with Gasteiger partial charge in [-0.25, -0.2) is 0 Å². The number of benzene rings is 1. The summed E-state index contributed by atoms with van der Waals surface area (Å²) < 4.78 is 0. The average Bonchev–Trinajstić information content (AvgIpc) is 2.29. The third-order valence-corrected chi connectivity index (χ3v) is 3.26. The van der Waals surface area contributed by atoms with Crippen molar-refractivity contribution in [2.75, 3.05) is 0 Å². The molecule has 0 saturated heterocycles. The molecule has 0 unspecified atom stereocenters. The first-order valence-electron chi connectivity index (χ1n) is 6.26. The molecule has 17 heavy (non-hydrogen) atoms. The number of carboxylic acid groups (broad SMARTS) is 1. The molecule has 2 heteroatoms. The molecular weight excluding hydrogens is 212 g/mol. The van der Waals surface area contributed by atoms with E-state index in [1.54, 1.807) is 0 Å². The number of carboxylic acids is 1. The zero-order valence-corrected chi connectivity index (χ0v) is 9.98. The van der Waals surface area contributed by atoms with Gasteiger partial charge in [0.15, 0.2) is 0 Å². The van der Waals surface area contributed by atoms with E-state index in [0.29, 0.717) is 6.42 Å². The van der Waals surface area contributed by atoms with E-state index >= 15 is 0 Å². The normalized spacial score (nSPS) is 18.5. The topological polar surface area (TPSA) is 37.3 Å². The summed E-state index contributed by atoms with van der Waals surface area (Å²) in [6, 6.07) is 8.38. The van der Waals surface area contributed by atoms with Gasteiger partial charge in [0.1, 0.15) is 0 Å². The maximum atomic E-state index is 10.7. The summed E-state index contributed by atoms with van der Waals surface area (Å²) in [5.74, 6) is -0.717. The van der Waals surface area contributed by atoms with Crippen LogP contribution in [0.25, 0.3) is 5.57 Å². The number of allylic oxidation sites excluding steroid dienone is 2. The summed E-state index contributed by atoms with van der Waals surface area (Å²) in [4.78, 5) is 10.7. The van der Waals surface area contributed by atoms with Crippen molar-refractivity contribution in [2.24, 2.45) is 0 Å². The van der Waals surface area contributed by atoms with Crippen LogP contribution in [-0.4, -0.2) is 11.1 Å². The molecule has 0 amide bonds. The predicted molar refractivity (Wildman–Crippen MR) is 68.8 cm³/mol. The zero-order chi connectivity index (χ0) is 12.1. The smallest absolute Gasteiger partial charge is 0.303 e. The lowest BCUT2D eigenvalue weighted by Crippen LogP contribution is -2.00. The van der Waals surface area contributed by atoms with Crippen molar-refractivity contribution in [3.05, 3.63) is 41.5 Å². The molecule has 0 fully saturated rings. The Balaban J connectivity index is 2.25. The van der Waals surface area contributed by atoms with Crippen LogP contribution in [0.4, 0.5) is 0 Å². The van der Waals surface area contributed by atoms with Crippen LogP contribution < -0.4 is 0 Å². The number of carbonyl (C=O) groups is 1. The predicted octanol–water partition coefficient (Wildman–Crippen LogP) is 3.66. The van der Waals surface area contributed by atoms with Gasteiger partial charge in [-0.3, -0.25) is 4.79 Å². The number of hydrogen-bond acceptors (Lipinski definition) is 1. The van der Waals surface area contributed by atoms with Gasteiger partial charge in [-0.05, 0) is 48.8 Å². The molecule has 0 atom stereocenters. The Morgan fingerprint density at radius 3 is 2.88 bits per heavy atom. The molecule has 1 aliphatic carbocycles. The van der Waals surface area contributed by atoms with Gasteiger partial charge in [-0.2, -0.15) is 0 Å². The lowest BCUT2D eigenvalue weighted by atomic mass is 9.90. The van der Waals surface area contributed by atoms with Crippen LogP contribution in [0.1, 0.15) is 43.2 Å². The monoisotopic (exact) mass is 230 g/mol. The van der Waals surface area contributed by atoms with Crippen molar-refractivity contribution < 1.29 is 9.90 Å². The quantitative estimate of drug-likeness (QED) is 0.860. The number of aryl methyl sites for hydroxylation is 1. The zero-order valence-electron chi connectivity index (χ0n) is 9.98. The molecular formula is C15H18O2. The molecule has 1 N–H and O–H groups in total. The summed E-state index contributed by atoms with van der Waals surface area (Å²) >= 11 is 0. The highest BCUT2D eigenvalue weighted by atomic mass is 16.4. The second-order valence-corrected chi connectivity index (χ2v) is 4.53. The molecule has 2 rings (SSSR count). The van der Waals surface area contributed by atoms with Crippen molar-refractivity contribution in [3.63, 3.8) is 0 Å². The minimum atomic E-state index is -0.717. The maximum Gasteiger partial charge on any atom is 0.303 e. The van der Waals surface area contributed by atoms with Gasteiger partial charge < -0.3 is 5.11 Å². The van der Waals surface area contributed by atoms with Gasteiger partial charge in [-0.1, -0.05) is 30.3 Å². The molecule has 0 bridgehead atoms. The van der Waals surface area contributed by atoms with E-state index in [4.69, 9.17) is 5.11 Å². The highest BCUT2D eigenvalue weighted by Gasteiger charge is 2.10. The van der Waals surface area contributed by atoms with Crippen LogP contribution in [0, 0.1) is 0 Å². The number of rotatable bonds is 3. The van der Waals surface area contributed by atoms with Crippen LogP contribution >= 0.6 is 0 Å². The second-order valence-electron chi connectivity index (χ2n) is 4.53. The lowest BCUT2D eigenvalue weighted by Gasteiger charge is -2.15. The molecule has 1 aromatic carbocycles. The van der Waals surface area contributed by atoms with Crippen molar-refractivity contribution in [2.45, 2.75) is 38.5 Å². The van der Waals surface area contributed by atoms with E-state index in [9.17, 15) is 4.79 Å². The highest BCUT2D eigenvalue weighted by molar-refractivity contribution is 5.74. The summed E-state index contributed by atoms with van der Waals surface area (Å²) in [6.45, 7) is 0. The third kappa shape index (κ3) is 3.19. The SMILES string of the molecule is O=C(O)CC/C1=C/CCCCc2ccccc21. The van der Waals surface area contributed by atoms with E-state index in [2.05, 4.69) is 24.3 Å². The van der Waals surface area contributed by atoms with Crippen LogP contribution in [0.3, 0.4) is 0 Å². The Labute approximate surface area is 102 Å². The van der Waals surface area contributed by atoms with Crippen LogP contribution in [0.15, 0.2) is 30.3 Å². The molecule has 0 heterocycles. The van der Waals surface area contributed by atoms with Gasteiger partial charge in [0.05, 0.1) is 0 Å². The summed E-state index contributed by atoms with van der Waals surface area (Å²) in [6.07, 6.45) is 7.70. The van der Waals surface area contributed by atoms with Gasteiger partial charge in [0, 0.05) is 6.42 Å². The Kier molecular flexibility index (Phi) is 3.97. The summed E-state index contributed by atoms with van der Waals surface area (Å²) in [7, 11) is 0. The maximum absolute atomic E-state index is 10.7. The minimum Gasteiger partial charge on any atom is -0.481 e. The van der Waals surface area contributed by atoms with Gasteiger partial charge in [-0.15, -0.1) is 0 Å². The summed E-state index contributed by atoms with van der Waals surface area (Å²) in [5, 5.41) is 8.79. The Morgan fingerprint density at radius 2 is 2.06 bits per heavy atom. The fourth-order valence-corrected chi connectivity index (χ4v) is 2.38. The number of hydrogen-bond donors (Lipinski definition) is 1.